The first-order valence-electron chi connectivity index (χ1n) is 6.50. The molecule has 0 saturated heterocycles. The van der Waals surface area contributed by atoms with Gasteiger partial charge in [0.25, 0.3) is 0 Å². The number of hydrogen-bond acceptors (Lipinski definition) is 4. The van der Waals surface area contributed by atoms with Crippen molar-refractivity contribution in [2.24, 2.45) is 0 Å². The minimum absolute atomic E-state index is 0.00777. The highest BCUT2D eigenvalue weighted by molar-refractivity contribution is 5.96. The number of carboxylic acid groups (broad SMARTS) is 2. The number of carbonyl (C=O) groups is 3. The third-order valence-corrected chi connectivity index (χ3v) is 2.53. The molecule has 21 heavy (non-hydrogen) atoms. The van der Waals surface area contributed by atoms with Gasteiger partial charge in [0.2, 0.25) is 0 Å². The van der Waals surface area contributed by atoms with Gasteiger partial charge in [-0.05, 0) is 32.4 Å². The highest BCUT2D eigenvalue weighted by Crippen LogP contribution is 2.08. The Morgan fingerprint density at radius 3 is 2.05 bits per heavy atom. The minimum atomic E-state index is -1.17. The first kappa shape index (κ1) is 18.6. The van der Waals surface area contributed by atoms with Crippen LogP contribution in [-0.2, 0) is 19.1 Å². The molecule has 0 bridgehead atoms. The van der Waals surface area contributed by atoms with Crippen molar-refractivity contribution >= 4 is 17.9 Å². The van der Waals surface area contributed by atoms with Crippen LogP contribution in [0.25, 0.3) is 0 Å². The molecule has 0 saturated carbocycles. The standard InChI is InChI=1S/C15H20O6/c1-4-5-8-21-15(20)12(9-11(3)14(18)19)7-6-10(2)13(16)17/h6-7,9H,4-5,8H2,1-3H3,(H,16,17)(H,18,19). The van der Waals surface area contributed by atoms with Gasteiger partial charge < -0.3 is 14.9 Å². The third-order valence-electron chi connectivity index (χ3n) is 2.53. The normalized spacial score (nSPS) is 13.0. The SMILES string of the molecule is CCCCOC(=O)C(C=C(C)C(=O)O)=CC=C(C)C(=O)O. The Morgan fingerprint density at radius 1 is 1.00 bits per heavy atom. The smallest absolute Gasteiger partial charge is 0.338 e. The van der Waals surface area contributed by atoms with Gasteiger partial charge in [-0.3, -0.25) is 0 Å². The molecular weight excluding hydrogens is 276 g/mol. The van der Waals surface area contributed by atoms with Gasteiger partial charge in [-0.15, -0.1) is 0 Å². The number of allylic oxidation sites excluding steroid dienone is 2. The van der Waals surface area contributed by atoms with Gasteiger partial charge in [0.1, 0.15) is 0 Å². The van der Waals surface area contributed by atoms with Crippen molar-refractivity contribution in [1.82, 2.24) is 0 Å². The largest absolute Gasteiger partial charge is 0.478 e. The second-order valence-electron chi connectivity index (χ2n) is 4.40. The summed E-state index contributed by atoms with van der Waals surface area (Å²) in [5, 5.41) is 17.6. The van der Waals surface area contributed by atoms with Crippen LogP contribution in [0.1, 0.15) is 33.6 Å². The van der Waals surface area contributed by atoms with Gasteiger partial charge in [0.05, 0.1) is 12.2 Å². The molecule has 0 rings (SSSR count). The van der Waals surface area contributed by atoms with E-state index in [1.165, 1.54) is 26.0 Å². The summed E-state index contributed by atoms with van der Waals surface area (Å²) in [6.07, 6.45) is 5.18. The monoisotopic (exact) mass is 296 g/mol. The molecule has 0 spiro atoms. The highest BCUT2D eigenvalue weighted by Gasteiger charge is 2.11. The molecule has 0 aliphatic rings. The van der Waals surface area contributed by atoms with Crippen LogP contribution in [0.4, 0.5) is 0 Å². The predicted octanol–water partition coefficient (Wildman–Crippen LogP) is 2.32. The molecule has 0 aliphatic carbocycles. The van der Waals surface area contributed by atoms with Crippen LogP contribution in [0, 0.1) is 0 Å². The second-order valence-corrected chi connectivity index (χ2v) is 4.40. The fourth-order valence-electron chi connectivity index (χ4n) is 1.15. The maximum atomic E-state index is 11.9. The topological polar surface area (TPSA) is 101 Å². The van der Waals surface area contributed by atoms with Crippen molar-refractivity contribution in [3.05, 3.63) is 34.9 Å². The average Bonchev–Trinajstić information content (AvgIpc) is 2.42. The molecule has 0 fully saturated rings. The Labute approximate surface area is 123 Å². The van der Waals surface area contributed by atoms with Crippen LogP contribution in [0.3, 0.4) is 0 Å². The zero-order valence-electron chi connectivity index (χ0n) is 12.4. The average molecular weight is 296 g/mol. The van der Waals surface area contributed by atoms with Gasteiger partial charge in [-0.1, -0.05) is 19.4 Å². The first-order valence-corrected chi connectivity index (χ1v) is 6.50. The summed E-state index contributed by atoms with van der Waals surface area (Å²) in [6.45, 7) is 4.88. The van der Waals surface area contributed by atoms with E-state index in [0.29, 0.717) is 6.42 Å². The number of hydrogen-bond donors (Lipinski definition) is 2. The maximum Gasteiger partial charge on any atom is 0.338 e. The molecule has 0 amide bonds. The maximum absolute atomic E-state index is 11.9. The van der Waals surface area contributed by atoms with Crippen molar-refractivity contribution < 1.29 is 29.3 Å². The minimum Gasteiger partial charge on any atom is -0.478 e. The summed E-state index contributed by atoms with van der Waals surface area (Å²) in [4.78, 5) is 33.4. The fraction of sp³-hybridized carbons (Fsp3) is 0.400. The Kier molecular flexibility index (Phi) is 8.45. The molecule has 0 heterocycles. The Hall–Kier alpha value is -2.37. The lowest BCUT2D eigenvalue weighted by atomic mass is 10.1. The molecule has 0 unspecified atom stereocenters. The zero-order valence-corrected chi connectivity index (χ0v) is 12.4. The summed E-state index contributed by atoms with van der Waals surface area (Å²) in [5.41, 5.74) is -0.0306. The van der Waals surface area contributed by atoms with E-state index in [-0.39, 0.29) is 23.3 Å². The summed E-state index contributed by atoms with van der Waals surface area (Å²) in [6, 6.07) is 0. The van der Waals surface area contributed by atoms with E-state index in [0.717, 1.165) is 12.5 Å². The lowest BCUT2D eigenvalue weighted by molar-refractivity contribution is -0.138. The molecule has 6 heteroatoms. The van der Waals surface area contributed by atoms with Crippen molar-refractivity contribution in [2.75, 3.05) is 6.61 Å². The van der Waals surface area contributed by atoms with E-state index >= 15 is 0 Å². The van der Waals surface area contributed by atoms with E-state index in [9.17, 15) is 14.4 Å². The lowest BCUT2D eigenvalue weighted by Gasteiger charge is -2.05. The molecule has 116 valence electrons. The lowest BCUT2D eigenvalue weighted by Crippen LogP contribution is -2.09. The van der Waals surface area contributed by atoms with Crippen LogP contribution in [0.15, 0.2) is 34.9 Å². The van der Waals surface area contributed by atoms with E-state index in [2.05, 4.69) is 0 Å². The van der Waals surface area contributed by atoms with Crippen LogP contribution >= 0.6 is 0 Å². The molecule has 0 atom stereocenters. The molecule has 2 N–H and O–H groups in total. The van der Waals surface area contributed by atoms with E-state index < -0.39 is 17.9 Å². The van der Waals surface area contributed by atoms with E-state index in [4.69, 9.17) is 14.9 Å². The van der Waals surface area contributed by atoms with Gasteiger partial charge in [0, 0.05) is 11.1 Å². The van der Waals surface area contributed by atoms with Crippen molar-refractivity contribution in [1.29, 1.82) is 0 Å². The van der Waals surface area contributed by atoms with Crippen LogP contribution < -0.4 is 0 Å². The van der Waals surface area contributed by atoms with Crippen molar-refractivity contribution in [3.8, 4) is 0 Å². The highest BCUT2D eigenvalue weighted by atomic mass is 16.5. The number of carbonyl (C=O) groups excluding carboxylic acids is 1. The predicted molar refractivity (Wildman–Crippen MR) is 76.7 cm³/mol. The number of ether oxygens (including phenoxy) is 1. The molecular formula is C15H20O6. The molecule has 0 radical (unpaired) electrons. The van der Waals surface area contributed by atoms with Gasteiger partial charge in [-0.25, -0.2) is 14.4 Å². The fourth-order valence-corrected chi connectivity index (χ4v) is 1.15. The number of unbranched alkanes of at least 4 members (excludes halogenated alkanes) is 1. The number of carboxylic acids is 2. The van der Waals surface area contributed by atoms with Crippen molar-refractivity contribution in [3.63, 3.8) is 0 Å². The number of esters is 1. The Morgan fingerprint density at radius 2 is 1.57 bits per heavy atom. The molecule has 6 nitrogen and oxygen atoms in total. The van der Waals surface area contributed by atoms with Gasteiger partial charge in [-0.2, -0.15) is 0 Å². The summed E-state index contributed by atoms with van der Waals surface area (Å²) in [5.74, 6) is -2.97. The molecule has 0 aromatic heterocycles. The zero-order chi connectivity index (χ0) is 16.4. The van der Waals surface area contributed by atoms with E-state index in [1.807, 2.05) is 6.92 Å². The molecule has 0 aliphatic heterocycles. The van der Waals surface area contributed by atoms with Crippen molar-refractivity contribution in [2.45, 2.75) is 33.6 Å². The van der Waals surface area contributed by atoms with Crippen LogP contribution in [0.2, 0.25) is 0 Å². The summed E-state index contributed by atoms with van der Waals surface area (Å²) < 4.78 is 5.00. The third kappa shape index (κ3) is 7.71. The quantitative estimate of drug-likeness (QED) is 0.308. The summed E-state index contributed by atoms with van der Waals surface area (Å²) >= 11 is 0. The van der Waals surface area contributed by atoms with E-state index in [1.54, 1.807) is 0 Å². The number of rotatable bonds is 8. The Bertz CT molecular complexity index is 496. The van der Waals surface area contributed by atoms with Gasteiger partial charge in [0.15, 0.2) is 0 Å². The Balaban J connectivity index is 5.28. The van der Waals surface area contributed by atoms with Gasteiger partial charge >= 0.3 is 17.9 Å². The second kappa shape index (κ2) is 9.52. The van der Waals surface area contributed by atoms with Crippen LogP contribution in [0.5, 0.6) is 0 Å². The first-order chi connectivity index (χ1) is 9.79. The molecule has 0 aromatic carbocycles. The summed E-state index contributed by atoms with van der Waals surface area (Å²) in [7, 11) is 0. The number of aliphatic carboxylic acids is 2. The molecule has 0 aromatic rings. The van der Waals surface area contributed by atoms with Crippen LogP contribution in [-0.4, -0.2) is 34.7 Å².